The van der Waals surface area contributed by atoms with Gasteiger partial charge in [-0.1, -0.05) is 0 Å². The second kappa shape index (κ2) is 8.43. The highest BCUT2D eigenvalue weighted by Gasteiger charge is 2.17. The molecule has 3 heterocycles. The normalized spacial score (nSPS) is 12.2. The van der Waals surface area contributed by atoms with Gasteiger partial charge in [0.25, 0.3) is 5.91 Å². The van der Waals surface area contributed by atoms with Gasteiger partial charge in [0.2, 0.25) is 5.95 Å². The lowest BCUT2D eigenvalue weighted by Crippen LogP contribution is -2.36. The SMILES string of the molecule is Cc1c(C)n(C)c2ccc(Nc3nccc(-c4cc(C(=O)NC(C)CO)n(C)n4)n3)cc12. The number of aliphatic hydroxyl groups is 1. The minimum absolute atomic E-state index is 0.134. The summed E-state index contributed by atoms with van der Waals surface area (Å²) in [5.74, 6) is 0.139. The third kappa shape index (κ3) is 3.94. The minimum Gasteiger partial charge on any atom is -0.394 e. The van der Waals surface area contributed by atoms with Crippen molar-refractivity contribution < 1.29 is 9.90 Å². The molecule has 0 saturated carbocycles. The summed E-state index contributed by atoms with van der Waals surface area (Å²) in [7, 11) is 3.76. The molecular weight excluding hydrogens is 406 g/mol. The van der Waals surface area contributed by atoms with E-state index < -0.39 is 0 Å². The molecule has 0 fully saturated rings. The van der Waals surface area contributed by atoms with E-state index in [4.69, 9.17) is 5.11 Å². The van der Waals surface area contributed by atoms with E-state index in [0.717, 1.165) is 5.69 Å². The monoisotopic (exact) mass is 433 g/mol. The molecule has 0 saturated heterocycles. The Hall–Kier alpha value is -3.72. The fourth-order valence-corrected chi connectivity index (χ4v) is 3.67. The van der Waals surface area contributed by atoms with Crippen LogP contribution in [-0.4, -0.2) is 48.0 Å². The highest BCUT2D eigenvalue weighted by molar-refractivity contribution is 5.93. The molecule has 3 aromatic heterocycles. The summed E-state index contributed by atoms with van der Waals surface area (Å²) in [6.45, 7) is 5.83. The van der Waals surface area contributed by atoms with E-state index in [0.29, 0.717) is 23.0 Å². The maximum absolute atomic E-state index is 12.4. The fraction of sp³-hybridized carbons (Fsp3) is 0.304. The predicted octanol–water partition coefficient (Wildman–Crippen LogP) is 2.84. The number of hydrogen-bond donors (Lipinski definition) is 3. The Morgan fingerprint density at radius 2 is 1.94 bits per heavy atom. The van der Waals surface area contributed by atoms with Crippen LogP contribution in [0.25, 0.3) is 22.3 Å². The molecule has 0 aliphatic heterocycles. The molecule has 1 amide bonds. The zero-order chi connectivity index (χ0) is 23.0. The topological polar surface area (TPSA) is 110 Å². The van der Waals surface area contributed by atoms with Crippen LogP contribution in [0.3, 0.4) is 0 Å². The number of amides is 1. The average molecular weight is 434 g/mol. The van der Waals surface area contributed by atoms with Gasteiger partial charge in [-0.15, -0.1) is 0 Å². The molecule has 3 N–H and O–H groups in total. The number of rotatable bonds is 6. The maximum atomic E-state index is 12.4. The third-order valence-electron chi connectivity index (χ3n) is 5.75. The lowest BCUT2D eigenvalue weighted by Gasteiger charge is -2.10. The molecule has 1 atom stereocenters. The molecule has 4 rings (SSSR count). The van der Waals surface area contributed by atoms with Gasteiger partial charge in [0.15, 0.2) is 0 Å². The van der Waals surface area contributed by atoms with Gasteiger partial charge in [-0.3, -0.25) is 9.48 Å². The Kier molecular flexibility index (Phi) is 5.67. The van der Waals surface area contributed by atoms with Crippen LogP contribution in [0.1, 0.15) is 28.7 Å². The summed E-state index contributed by atoms with van der Waals surface area (Å²) in [5.41, 5.74) is 6.09. The third-order valence-corrected chi connectivity index (χ3v) is 5.75. The van der Waals surface area contributed by atoms with Gasteiger partial charge in [0.1, 0.15) is 11.4 Å². The predicted molar refractivity (Wildman–Crippen MR) is 124 cm³/mol. The van der Waals surface area contributed by atoms with Crippen molar-refractivity contribution in [3.8, 4) is 11.4 Å². The van der Waals surface area contributed by atoms with Crippen LogP contribution in [-0.2, 0) is 14.1 Å². The summed E-state index contributed by atoms with van der Waals surface area (Å²) in [5, 5.41) is 20.8. The van der Waals surface area contributed by atoms with Crippen molar-refractivity contribution in [2.45, 2.75) is 26.8 Å². The van der Waals surface area contributed by atoms with Crippen LogP contribution in [0, 0.1) is 13.8 Å². The van der Waals surface area contributed by atoms with Gasteiger partial charge in [-0.05, 0) is 56.7 Å². The number of aryl methyl sites for hydroxylation is 3. The standard InChI is InChI=1S/C23H27N7O2/c1-13(12-31)25-22(32)21-11-19(28-30(21)5)18-8-9-24-23(27-18)26-16-6-7-20-17(10-16)14(2)15(3)29(20)4/h6-11,13,31H,12H2,1-5H3,(H,25,32)(H,24,26,27). The van der Waals surface area contributed by atoms with Crippen molar-refractivity contribution in [1.29, 1.82) is 0 Å². The van der Waals surface area contributed by atoms with E-state index in [1.807, 2.05) is 6.07 Å². The van der Waals surface area contributed by atoms with E-state index >= 15 is 0 Å². The van der Waals surface area contributed by atoms with E-state index in [9.17, 15) is 4.79 Å². The fourth-order valence-electron chi connectivity index (χ4n) is 3.67. The van der Waals surface area contributed by atoms with Crippen LogP contribution in [0.5, 0.6) is 0 Å². The molecule has 4 aromatic rings. The molecule has 9 nitrogen and oxygen atoms in total. The summed E-state index contributed by atoms with van der Waals surface area (Å²) in [6.07, 6.45) is 1.66. The smallest absolute Gasteiger partial charge is 0.269 e. The van der Waals surface area contributed by atoms with Gasteiger partial charge in [-0.25, -0.2) is 9.97 Å². The molecule has 0 spiro atoms. The lowest BCUT2D eigenvalue weighted by molar-refractivity contribution is 0.0912. The van der Waals surface area contributed by atoms with Crippen molar-refractivity contribution in [2.24, 2.45) is 14.1 Å². The van der Waals surface area contributed by atoms with Crippen molar-refractivity contribution in [3.05, 3.63) is 53.5 Å². The first-order valence-electron chi connectivity index (χ1n) is 10.4. The largest absolute Gasteiger partial charge is 0.394 e. The van der Waals surface area contributed by atoms with E-state index in [2.05, 4.69) is 63.3 Å². The average Bonchev–Trinajstić information content (AvgIpc) is 3.27. The molecular formula is C23H27N7O2. The first-order chi connectivity index (χ1) is 15.3. The van der Waals surface area contributed by atoms with E-state index in [-0.39, 0.29) is 18.6 Å². The number of carbonyl (C=O) groups is 1. The molecule has 0 aliphatic carbocycles. The maximum Gasteiger partial charge on any atom is 0.269 e. The number of hydrogen-bond acceptors (Lipinski definition) is 6. The summed E-state index contributed by atoms with van der Waals surface area (Å²) >= 11 is 0. The second-order valence-electron chi connectivity index (χ2n) is 7.99. The van der Waals surface area contributed by atoms with Gasteiger partial charge in [-0.2, -0.15) is 5.10 Å². The number of carbonyl (C=O) groups excluding carboxylic acids is 1. The number of nitrogens with one attached hydrogen (secondary N) is 2. The minimum atomic E-state index is -0.343. The van der Waals surface area contributed by atoms with Crippen molar-refractivity contribution in [2.75, 3.05) is 11.9 Å². The first kappa shape index (κ1) is 21.5. The van der Waals surface area contributed by atoms with Crippen LogP contribution in [0.4, 0.5) is 11.6 Å². The molecule has 1 unspecified atom stereocenters. The number of aliphatic hydroxyl groups excluding tert-OH is 1. The van der Waals surface area contributed by atoms with Gasteiger partial charge in [0, 0.05) is 48.6 Å². The van der Waals surface area contributed by atoms with Gasteiger partial charge in [0.05, 0.1) is 12.3 Å². The molecule has 32 heavy (non-hydrogen) atoms. The Bertz CT molecular complexity index is 1310. The van der Waals surface area contributed by atoms with Gasteiger partial charge < -0.3 is 20.3 Å². The number of aromatic nitrogens is 5. The second-order valence-corrected chi connectivity index (χ2v) is 7.99. The number of nitrogens with zero attached hydrogens (tertiary/aromatic N) is 5. The zero-order valence-electron chi connectivity index (χ0n) is 18.8. The van der Waals surface area contributed by atoms with Crippen LogP contribution >= 0.6 is 0 Å². The molecule has 166 valence electrons. The zero-order valence-corrected chi connectivity index (χ0v) is 18.8. The van der Waals surface area contributed by atoms with E-state index in [1.165, 1.54) is 26.8 Å². The lowest BCUT2D eigenvalue weighted by atomic mass is 10.1. The van der Waals surface area contributed by atoms with Crippen LogP contribution in [0.2, 0.25) is 0 Å². The van der Waals surface area contributed by atoms with Gasteiger partial charge >= 0.3 is 0 Å². The molecule has 9 heteroatoms. The number of anilines is 2. The highest BCUT2D eigenvalue weighted by Crippen LogP contribution is 2.28. The van der Waals surface area contributed by atoms with E-state index in [1.54, 1.807) is 32.3 Å². The summed E-state index contributed by atoms with van der Waals surface area (Å²) in [4.78, 5) is 21.3. The van der Waals surface area contributed by atoms with Crippen molar-refractivity contribution in [3.63, 3.8) is 0 Å². The summed E-state index contributed by atoms with van der Waals surface area (Å²) < 4.78 is 3.68. The molecule has 0 bridgehead atoms. The van der Waals surface area contributed by atoms with Crippen molar-refractivity contribution >= 4 is 28.4 Å². The number of fused-ring (bicyclic) bond motifs is 1. The Morgan fingerprint density at radius 3 is 2.69 bits per heavy atom. The molecule has 0 aliphatic rings. The first-order valence-corrected chi connectivity index (χ1v) is 10.4. The molecule has 0 radical (unpaired) electrons. The number of benzene rings is 1. The summed E-state index contributed by atoms with van der Waals surface area (Å²) in [6, 6.07) is 9.26. The van der Waals surface area contributed by atoms with Crippen LogP contribution < -0.4 is 10.6 Å². The highest BCUT2D eigenvalue weighted by atomic mass is 16.3. The Labute approximate surface area is 186 Å². The Morgan fingerprint density at radius 1 is 1.16 bits per heavy atom. The van der Waals surface area contributed by atoms with Crippen molar-refractivity contribution in [1.82, 2.24) is 29.6 Å². The quantitative estimate of drug-likeness (QED) is 0.431. The Balaban J connectivity index is 1.60. The van der Waals surface area contributed by atoms with Crippen LogP contribution in [0.15, 0.2) is 36.5 Å². The molecule has 1 aromatic carbocycles.